The lowest BCUT2D eigenvalue weighted by Gasteiger charge is -2.18. The number of amides is 2. The van der Waals surface area contributed by atoms with Crippen molar-refractivity contribution in [3.8, 4) is 0 Å². The number of alkyl halides is 3. The van der Waals surface area contributed by atoms with E-state index in [0.29, 0.717) is 12.0 Å². The number of nitrogens with two attached hydrogens (primary N) is 1. The number of aliphatic carboxylic acids is 1. The molecule has 0 aliphatic carbocycles. The molecule has 2 rings (SSSR count). The quantitative estimate of drug-likeness (QED) is 0.404. The molecule has 0 spiro atoms. The van der Waals surface area contributed by atoms with Crippen molar-refractivity contribution >= 4 is 29.4 Å². The van der Waals surface area contributed by atoms with Gasteiger partial charge in [0.25, 0.3) is 0 Å². The molecule has 0 heterocycles. The van der Waals surface area contributed by atoms with E-state index in [1.54, 1.807) is 19.1 Å². The summed E-state index contributed by atoms with van der Waals surface area (Å²) in [6.45, 7) is 3.16. The Hall–Kier alpha value is -3.93. The lowest BCUT2D eigenvalue weighted by atomic mass is 10.1. The molecule has 6 N–H and O–H groups in total. The number of aryl methyl sites for hydroxylation is 1. The molecule has 2 atom stereocenters. The van der Waals surface area contributed by atoms with Gasteiger partial charge < -0.3 is 26.6 Å². The lowest BCUT2D eigenvalue weighted by Crippen LogP contribution is -2.49. The second kappa shape index (κ2) is 12.3. The van der Waals surface area contributed by atoms with Gasteiger partial charge in [-0.3, -0.25) is 9.59 Å². The molecule has 2 aromatic carbocycles. The minimum absolute atomic E-state index is 0.0187. The van der Waals surface area contributed by atoms with Crippen molar-refractivity contribution in [1.29, 1.82) is 0 Å². The summed E-state index contributed by atoms with van der Waals surface area (Å²) in [4.78, 5) is 44.9. The van der Waals surface area contributed by atoms with Crippen LogP contribution in [0.15, 0.2) is 48.5 Å². The third-order valence-electron chi connectivity index (χ3n) is 4.37. The predicted octanol–water partition coefficient (Wildman–Crippen LogP) is 2.34. The number of hydrogen-bond donors (Lipinski definition) is 5. The van der Waals surface area contributed by atoms with E-state index >= 15 is 0 Å². The van der Waals surface area contributed by atoms with Crippen molar-refractivity contribution in [2.24, 2.45) is 5.73 Å². The molecule has 0 bridgehead atoms. The summed E-state index contributed by atoms with van der Waals surface area (Å²) in [5.74, 6) is -4.87. The van der Waals surface area contributed by atoms with Crippen molar-refractivity contribution in [2.45, 2.75) is 38.5 Å². The fourth-order valence-corrected chi connectivity index (χ4v) is 2.64. The zero-order chi connectivity index (χ0) is 26.1. The van der Waals surface area contributed by atoms with E-state index in [0.717, 1.165) is 5.56 Å². The Labute approximate surface area is 192 Å². The van der Waals surface area contributed by atoms with Crippen LogP contribution in [-0.4, -0.2) is 52.2 Å². The Morgan fingerprint density at radius 3 is 2.03 bits per heavy atom. The maximum Gasteiger partial charge on any atom is 0.490 e. The van der Waals surface area contributed by atoms with E-state index < -0.39 is 42.0 Å². The van der Waals surface area contributed by atoms with Gasteiger partial charge >= 0.3 is 18.1 Å². The van der Waals surface area contributed by atoms with Gasteiger partial charge in [-0.25, -0.2) is 9.59 Å². The molecule has 0 aliphatic heterocycles. The highest BCUT2D eigenvalue weighted by Gasteiger charge is 2.38. The highest BCUT2D eigenvalue weighted by Crippen LogP contribution is 2.19. The Kier molecular flexibility index (Phi) is 10.2. The summed E-state index contributed by atoms with van der Waals surface area (Å²) in [5.41, 5.74) is 7.56. The lowest BCUT2D eigenvalue weighted by molar-refractivity contribution is -0.192. The molecular weight excluding hydrogens is 459 g/mol. The average Bonchev–Trinajstić information content (AvgIpc) is 2.73. The van der Waals surface area contributed by atoms with Crippen LogP contribution in [0.5, 0.6) is 0 Å². The summed E-state index contributed by atoms with van der Waals surface area (Å²) in [6, 6.07) is 12.5. The summed E-state index contributed by atoms with van der Waals surface area (Å²) in [5, 5.41) is 21.6. The summed E-state index contributed by atoms with van der Waals surface area (Å²) < 4.78 is 31.7. The van der Waals surface area contributed by atoms with Crippen LogP contribution in [0.4, 0.5) is 18.9 Å². The fraction of sp³-hybridized carbons (Fsp3) is 0.273. The van der Waals surface area contributed by atoms with Gasteiger partial charge in [-0.15, -0.1) is 0 Å². The molecule has 184 valence electrons. The number of halogens is 3. The topological polar surface area (TPSA) is 159 Å². The summed E-state index contributed by atoms with van der Waals surface area (Å²) in [6.07, 6.45) is -4.73. The number of hydrogen-bond acceptors (Lipinski definition) is 5. The highest BCUT2D eigenvalue weighted by molar-refractivity contribution is 6.03. The molecule has 12 heteroatoms. The molecule has 0 aromatic heterocycles. The monoisotopic (exact) mass is 483 g/mol. The summed E-state index contributed by atoms with van der Waals surface area (Å²) in [7, 11) is 0. The van der Waals surface area contributed by atoms with Crippen molar-refractivity contribution in [3.05, 3.63) is 65.2 Å². The first-order valence-corrected chi connectivity index (χ1v) is 9.77. The predicted molar refractivity (Wildman–Crippen MR) is 116 cm³/mol. The van der Waals surface area contributed by atoms with E-state index in [9.17, 15) is 32.7 Å². The minimum atomic E-state index is -5.08. The van der Waals surface area contributed by atoms with Gasteiger partial charge in [-0.1, -0.05) is 42.5 Å². The minimum Gasteiger partial charge on any atom is -0.478 e. The second-order valence-electron chi connectivity index (χ2n) is 7.12. The van der Waals surface area contributed by atoms with E-state index in [4.69, 9.17) is 15.6 Å². The number of carboxylic acids is 2. The molecule has 34 heavy (non-hydrogen) atoms. The number of carbonyl (C=O) groups excluding carboxylic acids is 2. The van der Waals surface area contributed by atoms with Crippen LogP contribution in [0.2, 0.25) is 0 Å². The number of nitrogens with one attached hydrogen (secondary N) is 2. The number of rotatable bonds is 7. The maximum atomic E-state index is 12.4. The fourth-order valence-electron chi connectivity index (χ4n) is 2.64. The zero-order valence-electron chi connectivity index (χ0n) is 18.2. The van der Waals surface area contributed by atoms with Gasteiger partial charge in [0.2, 0.25) is 11.8 Å². The molecule has 0 aliphatic rings. The maximum absolute atomic E-state index is 12.4. The standard InChI is InChI=1S/C20H23N3O4.C2HF3O2/c1-12-7-6-10-16(17(12)20(26)27)23-18(24)13(2)22-19(25)15(21)11-14-8-4-3-5-9-14;3-2(4,5)1(6)7/h3-10,13,15H,11,21H2,1-2H3,(H,22,25)(H,23,24)(H,26,27);(H,6,7). The van der Waals surface area contributed by atoms with Crippen LogP contribution in [0.1, 0.15) is 28.4 Å². The van der Waals surface area contributed by atoms with Crippen LogP contribution >= 0.6 is 0 Å². The molecule has 0 saturated heterocycles. The van der Waals surface area contributed by atoms with Crippen molar-refractivity contribution in [2.75, 3.05) is 5.32 Å². The zero-order valence-corrected chi connectivity index (χ0v) is 18.2. The first-order chi connectivity index (χ1) is 15.7. The Morgan fingerprint density at radius 1 is 0.971 bits per heavy atom. The van der Waals surface area contributed by atoms with Gasteiger partial charge in [0.05, 0.1) is 17.3 Å². The summed E-state index contributed by atoms with van der Waals surface area (Å²) >= 11 is 0. The van der Waals surface area contributed by atoms with Crippen molar-refractivity contribution < 1.29 is 42.6 Å². The smallest absolute Gasteiger partial charge is 0.478 e. The Morgan fingerprint density at radius 2 is 1.53 bits per heavy atom. The van der Waals surface area contributed by atoms with Crippen LogP contribution in [0, 0.1) is 6.92 Å². The molecule has 0 fully saturated rings. The Bertz CT molecular complexity index is 1030. The number of carboxylic acid groups (broad SMARTS) is 2. The van der Waals surface area contributed by atoms with Gasteiger partial charge in [0, 0.05) is 0 Å². The molecule has 2 unspecified atom stereocenters. The number of carbonyl (C=O) groups is 4. The SMILES string of the molecule is Cc1cccc(NC(=O)C(C)NC(=O)C(N)Cc2ccccc2)c1C(=O)O.O=C(O)C(F)(F)F. The van der Waals surface area contributed by atoms with Crippen LogP contribution in [0.3, 0.4) is 0 Å². The number of benzene rings is 2. The van der Waals surface area contributed by atoms with Gasteiger partial charge in [-0.05, 0) is 37.5 Å². The first-order valence-electron chi connectivity index (χ1n) is 9.77. The van der Waals surface area contributed by atoms with Gasteiger partial charge in [-0.2, -0.15) is 13.2 Å². The third-order valence-corrected chi connectivity index (χ3v) is 4.37. The number of aromatic carboxylic acids is 1. The van der Waals surface area contributed by atoms with E-state index in [1.165, 1.54) is 13.0 Å². The largest absolute Gasteiger partial charge is 0.490 e. The van der Waals surface area contributed by atoms with Crippen molar-refractivity contribution in [1.82, 2.24) is 5.32 Å². The molecule has 2 aromatic rings. The molecule has 9 nitrogen and oxygen atoms in total. The molecule has 0 saturated carbocycles. The van der Waals surface area contributed by atoms with Crippen LogP contribution in [-0.2, 0) is 20.8 Å². The second-order valence-corrected chi connectivity index (χ2v) is 7.12. The first kappa shape index (κ1) is 28.1. The van der Waals surface area contributed by atoms with E-state index in [-0.39, 0.29) is 11.3 Å². The van der Waals surface area contributed by atoms with E-state index in [2.05, 4.69) is 10.6 Å². The molecule has 0 radical (unpaired) electrons. The highest BCUT2D eigenvalue weighted by atomic mass is 19.4. The Balaban J connectivity index is 0.000000718. The van der Waals surface area contributed by atoms with Gasteiger partial charge in [0.1, 0.15) is 6.04 Å². The van der Waals surface area contributed by atoms with Crippen LogP contribution in [0.25, 0.3) is 0 Å². The van der Waals surface area contributed by atoms with E-state index in [1.807, 2.05) is 30.3 Å². The normalized spacial score (nSPS) is 12.4. The number of anilines is 1. The average molecular weight is 483 g/mol. The van der Waals surface area contributed by atoms with Crippen LogP contribution < -0.4 is 16.4 Å². The molecular formula is C22H24F3N3O6. The molecule has 2 amide bonds. The van der Waals surface area contributed by atoms with Gasteiger partial charge in [0.15, 0.2) is 0 Å². The van der Waals surface area contributed by atoms with Crippen molar-refractivity contribution in [3.63, 3.8) is 0 Å². The third kappa shape index (κ3) is 8.90.